The molecule has 8 heteroatoms. The lowest BCUT2D eigenvalue weighted by Crippen LogP contribution is -2.28. The molecule has 0 aliphatic carbocycles. The first kappa shape index (κ1) is 11.8. The Balaban J connectivity index is 2.76. The molecule has 1 heterocycles. The standard InChI is InChI=1S/C7H11N3O4S/c11-3-1-9(2-4-12)6-5-8-7(15-6)10(13)14/h5,11-12H,1-4H2. The predicted octanol–water partition coefficient (Wildman–Crippen LogP) is -0.158. The summed E-state index contributed by atoms with van der Waals surface area (Å²) in [6.45, 7) is 0.483. The Morgan fingerprint density at radius 3 is 2.47 bits per heavy atom. The Labute approximate surface area is 89.8 Å². The third-order valence-corrected chi connectivity index (χ3v) is 2.70. The van der Waals surface area contributed by atoms with Crippen molar-refractivity contribution in [1.82, 2.24) is 4.98 Å². The zero-order chi connectivity index (χ0) is 11.3. The number of nitro groups is 1. The summed E-state index contributed by atoms with van der Waals surface area (Å²) in [5, 5.41) is 28.3. The monoisotopic (exact) mass is 233 g/mol. The molecular formula is C7H11N3O4S. The van der Waals surface area contributed by atoms with E-state index in [0.717, 1.165) is 11.3 Å². The van der Waals surface area contributed by atoms with E-state index in [-0.39, 0.29) is 18.3 Å². The topological polar surface area (TPSA) is 99.7 Å². The van der Waals surface area contributed by atoms with Crippen LogP contribution >= 0.6 is 11.3 Å². The number of nitrogens with zero attached hydrogens (tertiary/aromatic N) is 3. The van der Waals surface area contributed by atoms with Crippen molar-refractivity contribution >= 4 is 21.5 Å². The fourth-order valence-corrected chi connectivity index (χ4v) is 1.84. The lowest BCUT2D eigenvalue weighted by atomic mass is 10.5. The fourth-order valence-electron chi connectivity index (χ4n) is 1.06. The summed E-state index contributed by atoms with van der Waals surface area (Å²) in [5.41, 5.74) is 0. The van der Waals surface area contributed by atoms with Crippen LogP contribution in [-0.2, 0) is 0 Å². The van der Waals surface area contributed by atoms with Gasteiger partial charge in [0.2, 0.25) is 0 Å². The summed E-state index contributed by atoms with van der Waals surface area (Å²) >= 11 is 0.922. The Morgan fingerprint density at radius 2 is 2.07 bits per heavy atom. The molecule has 0 atom stereocenters. The maximum Gasteiger partial charge on any atom is 0.425 e. The minimum atomic E-state index is -0.565. The van der Waals surface area contributed by atoms with Gasteiger partial charge in [-0.2, -0.15) is 0 Å². The molecule has 1 aromatic rings. The first-order valence-corrected chi connectivity index (χ1v) is 5.07. The predicted molar refractivity (Wildman–Crippen MR) is 55.2 cm³/mol. The van der Waals surface area contributed by atoms with Crippen molar-refractivity contribution in [3.8, 4) is 0 Å². The molecule has 0 spiro atoms. The van der Waals surface area contributed by atoms with E-state index in [2.05, 4.69) is 4.98 Å². The molecule has 0 fully saturated rings. The van der Waals surface area contributed by atoms with Gasteiger partial charge in [-0.25, -0.2) is 0 Å². The van der Waals surface area contributed by atoms with Gasteiger partial charge >= 0.3 is 5.13 Å². The zero-order valence-corrected chi connectivity index (χ0v) is 8.68. The van der Waals surface area contributed by atoms with Gasteiger partial charge in [-0.15, -0.1) is 0 Å². The highest BCUT2D eigenvalue weighted by atomic mass is 32.1. The Kier molecular flexibility index (Phi) is 4.40. The van der Waals surface area contributed by atoms with Crippen LogP contribution < -0.4 is 4.90 Å². The van der Waals surface area contributed by atoms with Crippen molar-refractivity contribution in [1.29, 1.82) is 0 Å². The average molecular weight is 233 g/mol. The van der Waals surface area contributed by atoms with Crippen LogP contribution in [0.1, 0.15) is 0 Å². The quantitative estimate of drug-likeness (QED) is 0.523. The van der Waals surface area contributed by atoms with Crippen molar-refractivity contribution in [2.24, 2.45) is 0 Å². The van der Waals surface area contributed by atoms with Crippen LogP contribution in [-0.4, -0.2) is 46.4 Å². The van der Waals surface area contributed by atoms with Crippen molar-refractivity contribution < 1.29 is 15.1 Å². The second-order valence-electron chi connectivity index (χ2n) is 2.67. The lowest BCUT2D eigenvalue weighted by Gasteiger charge is -2.18. The third kappa shape index (κ3) is 3.11. The van der Waals surface area contributed by atoms with E-state index in [0.29, 0.717) is 18.1 Å². The summed E-state index contributed by atoms with van der Waals surface area (Å²) in [6.07, 6.45) is 1.37. The summed E-state index contributed by atoms with van der Waals surface area (Å²) in [4.78, 5) is 15.1. The first-order valence-electron chi connectivity index (χ1n) is 4.26. The summed E-state index contributed by atoms with van der Waals surface area (Å²) in [5.74, 6) is 0. The highest BCUT2D eigenvalue weighted by Crippen LogP contribution is 2.27. The molecule has 0 bridgehead atoms. The Bertz CT molecular complexity index is 324. The second-order valence-corrected chi connectivity index (χ2v) is 3.66. The van der Waals surface area contributed by atoms with Gasteiger partial charge in [-0.1, -0.05) is 0 Å². The molecule has 0 saturated heterocycles. The normalized spacial score (nSPS) is 10.3. The maximum absolute atomic E-state index is 10.4. The van der Waals surface area contributed by atoms with Crippen LogP contribution in [0.5, 0.6) is 0 Å². The molecule has 0 unspecified atom stereocenters. The van der Waals surface area contributed by atoms with Crippen molar-refractivity contribution in [2.75, 3.05) is 31.2 Å². The van der Waals surface area contributed by atoms with Gasteiger partial charge in [-0.3, -0.25) is 0 Å². The van der Waals surface area contributed by atoms with Gasteiger partial charge in [0, 0.05) is 13.1 Å². The number of hydrogen-bond donors (Lipinski definition) is 2. The summed E-state index contributed by atoms with van der Waals surface area (Å²) in [6, 6.07) is 0. The fraction of sp³-hybridized carbons (Fsp3) is 0.571. The number of anilines is 1. The van der Waals surface area contributed by atoms with Crippen LogP contribution in [0.2, 0.25) is 0 Å². The number of aromatic nitrogens is 1. The van der Waals surface area contributed by atoms with Gasteiger partial charge in [0.25, 0.3) is 0 Å². The van der Waals surface area contributed by atoms with Crippen molar-refractivity contribution in [2.45, 2.75) is 0 Å². The Morgan fingerprint density at radius 1 is 1.47 bits per heavy atom. The van der Waals surface area contributed by atoms with E-state index >= 15 is 0 Å². The first-order chi connectivity index (χ1) is 7.19. The number of hydrogen-bond acceptors (Lipinski definition) is 7. The number of aliphatic hydroxyl groups excluding tert-OH is 2. The molecular weight excluding hydrogens is 222 g/mol. The van der Waals surface area contributed by atoms with Gasteiger partial charge < -0.3 is 25.2 Å². The van der Waals surface area contributed by atoms with Crippen LogP contribution in [0.4, 0.5) is 10.1 Å². The molecule has 2 N–H and O–H groups in total. The van der Waals surface area contributed by atoms with E-state index in [1.807, 2.05) is 0 Å². The van der Waals surface area contributed by atoms with E-state index in [9.17, 15) is 10.1 Å². The maximum atomic E-state index is 10.4. The molecule has 84 valence electrons. The molecule has 0 aliphatic heterocycles. The Hall–Kier alpha value is -1.25. The van der Waals surface area contributed by atoms with Crippen LogP contribution in [0, 0.1) is 10.1 Å². The molecule has 15 heavy (non-hydrogen) atoms. The van der Waals surface area contributed by atoms with Gasteiger partial charge in [0.05, 0.1) is 13.2 Å². The smallest absolute Gasteiger partial charge is 0.395 e. The van der Waals surface area contributed by atoms with Crippen LogP contribution in [0.25, 0.3) is 0 Å². The van der Waals surface area contributed by atoms with E-state index in [1.54, 1.807) is 4.90 Å². The molecule has 0 saturated carbocycles. The molecule has 0 aromatic carbocycles. The van der Waals surface area contributed by atoms with E-state index < -0.39 is 4.92 Å². The largest absolute Gasteiger partial charge is 0.425 e. The molecule has 7 nitrogen and oxygen atoms in total. The van der Waals surface area contributed by atoms with E-state index in [4.69, 9.17) is 10.2 Å². The van der Waals surface area contributed by atoms with Gasteiger partial charge in [0.15, 0.2) is 6.20 Å². The molecule has 1 aromatic heterocycles. The van der Waals surface area contributed by atoms with E-state index in [1.165, 1.54) is 6.20 Å². The SMILES string of the molecule is O=[N+]([O-])c1ncc(N(CCO)CCO)s1. The minimum absolute atomic E-state index is 0.0777. The zero-order valence-electron chi connectivity index (χ0n) is 7.87. The number of rotatable bonds is 6. The lowest BCUT2D eigenvalue weighted by molar-refractivity contribution is -0.384. The molecule has 0 amide bonds. The van der Waals surface area contributed by atoms with Crippen molar-refractivity contribution in [3.63, 3.8) is 0 Å². The minimum Gasteiger partial charge on any atom is -0.395 e. The molecule has 0 aliphatic rings. The van der Waals surface area contributed by atoms with Crippen LogP contribution in [0.3, 0.4) is 0 Å². The third-order valence-electron chi connectivity index (χ3n) is 1.69. The second kappa shape index (κ2) is 5.59. The molecule has 0 radical (unpaired) electrons. The highest BCUT2D eigenvalue weighted by molar-refractivity contribution is 7.18. The summed E-state index contributed by atoms with van der Waals surface area (Å²) in [7, 11) is 0. The van der Waals surface area contributed by atoms with Gasteiger partial charge in [-0.05, 0) is 21.2 Å². The van der Waals surface area contributed by atoms with Gasteiger partial charge in [0.1, 0.15) is 5.00 Å². The van der Waals surface area contributed by atoms with Crippen LogP contribution in [0.15, 0.2) is 6.20 Å². The van der Waals surface area contributed by atoms with Crippen molar-refractivity contribution in [3.05, 3.63) is 16.3 Å². The average Bonchev–Trinajstić information content (AvgIpc) is 2.66. The number of thiazole rings is 1. The number of aliphatic hydroxyl groups is 2. The molecule has 1 rings (SSSR count). The highest BCUT2D eigenvalue weighted by Gasteiger charge is 2.17. The summed E-state index contributed by atoms with van der Waals surface area (Å²) < 4.78 is 0.